The van der Waals surface area contributed by atoms with Gasteiger partial charge >= 0.3 is 5.97 Å². The number of rotatable bonds is 5. The molecule has 0 aliphatic carbocycles. The predicted octanol–water partition coefficient (Wildman–Crippen LogP) is 4.57. The third-order valence-electron chi connectivity index (χ3n) is 3.51. The minimum atomic E-state index is -0.587. The maximum atomic E-state index is 11.9. The summed E-state index contributed by atoms with van der Waals surface area (Å²) in [7, 11) is 0. The molecule has 26 heavy (non-hydrogen) atoms. The Kier molecular flexibility index (Phi) is 5.65. The molecule has 0 fully saturated rings. The maximum absolute atomic E-state index is 11.9. The van der Waals surface area contributed by atoms with E-state index in [9.17, 15) is 9.59 Å². The smallest absolute Gasteiger partial charge is 0.338 e. The van der Waals surface area contributed by atoms with Crippen molar-refractivity contribution in [3.05, 3.63) is 70.1 Å². The number of carbonyl (C=O) groups is 2. The molecule has 7 heteroatoms. The third-order valence-corrected chi connectivity index (χ3v) is 4.52. The average molecular weight is 387 g/mol. The summed E-state index contributed by atoms with van der Waals surface area (Å²) in [5.41, 5.74) is 3.25. The fourth-order valence-corrected chi connectivity index (χ4v) is 3.01. The number of nitrogens with zero attached hydrogens (tertiary/aromatic N) is 1. The van der Waals surface area contributed by atoms with Crippen LogP contribution >= 0.6 is 22.9 Å². The van der Waals surface area contributed by atoms with Gasteiger partial charge in [-0.3, -0.25) is 10.1 Å². The molecule has 0 radical (unpaired) electrons. The topological polar surface area (TPSA) is 68.3 Å². The average Bonchev–Trinajstić information content (AvgIpc) is 3.09. The second-order valence-electron chi connectivity index (χ2n) is 5.54. The van der Waals surface area contributed by atoms with E-state index in [1.807, 2.05) is 36.6 Å². The van der Waals surface area contributed by atoms with Crippen molar-refractivity contribution in [3.63, 3.8) is 0 Å². The van der Waals surface area contributed by atoms with Gasteiger partial charge in [0, 0.05) is 16.0 Å². The highest BCUT2D eigenvalue weighted by atomic mass is 35.5. The van der Waals surface area contributed by atoms with Gasteiger partial charge in [0.2, 0.25) is 0 Å². The Hall–Kier alpha value is -2.70. The summed E-state index contributed by atoms with van der Waals surface area (Å²) in [5.74, 6) is -1.03. The molecule has 2 aromatic carbocycles. The fourth-order valence-electron chi connectivity index (χ4n) is 2.14. The van der Waals surface area contributed by atoms with Gasteiger partial charge in [0.25, 0.3) is 5.91 Å². The van der Waals surface area contributed by atoms with E-state index < -0.39 is 11.9 Å². The zero-order valence-electron chi connectivity index (χ0n) is 13.9. The van der Waals surface area contributed by atoms with Gasteiger partial charge in [-0.1, -0.05) is 41.4 Å². The number of ether oxygens (including phenoxy) is 1. The lowest BCUT2D eigenvalue weighted by atomic mass is 10.1. The SMILES string of the molecule is Cc1ccc(-c2csc(NC(=O)COC(=O)c3ccc(Cl)cc3)n2)cc1. The van der Waals surface area contributed by atoms with Crippen molar-refractivity contribution in [2.75, 3.05) is 11.9 Å². The molecule has 0 unspecified atom stereocenters. The number of benzene rings is 2. The van der Waals surface area contributed by atoms with Gasteiger partial charge in [-0.2, -0.15) is 0 Å². The van der Waals surface area contributed by atoms with Gasteiger partial charge < -0.3 is 4.74 Å². The number of amides is 1. The van der Waals surface area contributed by atoms with E-state index in [4.69, 9.17) is 16.3 Å². The van der Waals surface area contributed by atoms with Crippen LogP contribution in [0.4, 0.5) is 5.13 Å². The predicted molar refractivity (Wildman–Crippen MR) is 103 cm³/mol. The lowest BCUT2D eigenvalue weighted by molar-refractivity contribution is -0.119. The van der Waals surface area contributed by atoms with Crippen molar-refractivity contribution in [1.82, 2.24) is 4.98 Å². The van der Waals surface area contributed by atoms with Crippen LogP contribution in [0.15, 0.2) is 53.9 Å². The van der Waals surface area contributed by atoms with Crippen molar-refractivity contribution in [2.24, 2.45) is 0 Å². The number of esters is 1. The van der Waals surface area contributed by atoms with E-state index in [1.165, 1.54) is 29.0 Å². The van der Waals surface area contributed by atoms with Crippen molar-refractivity contribution in [3.8, 4) is 11.3 Å². The highest BCUT2D eigenvalue weighted by molar-refractivity contribution is 7.14. The Morgan fingerprint density at radius 1 is 1.12 bits per heavy atom. The first kappa shape index (κ1) is 18.1. The van der Waals surface area contributed by atoms with E-state index in [1.54, 1.807) is 12.1 Å². The van der Waals surface area contributed by atoms with Gasteiger partial charge in [-0.15, -0.1) is 11.3 Å². The number of hydrogen-bond acceptors (Lipinski definition) is 5. The van der Waals surface area contributed by atoms with Crippen LogP contribution in [0, 0.1) is 6.92 Å². The van der Waals surface area contributed by atoms with E-state index in [0.29, 0.717) is 15.7 Å². The van der Waals surface area contributed by atoms with Crippen LogP contribution < -0.4 is 5.32 Å². The van der Waals surface area contributed by atoms with Crippen molar-refractivity contribution < 1.29 is 14.3 Å². The van der Waals surface area contributed by atoms with Crippen molar-refractivity contribution in [2.45, 2.75) is 6.92 Å². The highest BCUT2D eigenvalue weighted by Crippen LogP contribution is 2.25. The molecule has 0 aliphatic rings. The number of nitrogens with one attached hydrogen (secondary N) is 1. The summed E-state index contributed by atoms with van der Waals surface area (Å²) >= 11 is 7.08. The molecule has 1 amide bonds. The van der Waals surface area contributed by atoms with Crippen LogP contribution in [0.1, 0.15) is 15.9 Å². The molecule has 1 aromatic heterocycles. The van der Waals surface area contributed by atoms with Crippen LogP contribution in [0.5, 0.6) is 0 Å². The number of aromatic nitrogens is 1. The number of hydrogen-bond donors (Lipinski definition) is 1. The van der Waals surface area contributed by atoms with Gasteiger partial charge in [0.1, 0.15) is 0 Å². The molecule has 132 valence electrons. The standard InChI is InChI=1S/C19H15ClN2O3S/c1-12-2-4-13(5-3-12)16-11-26-19(21-16)22-17(23)10-25-18(24)14-6-8-15(20)9-7-14/h2-9,11H,10H2,1H3,(H,21,22,23). The number of anilines is 1. The van der Waals surface area contributed by atoms with E-state index in [-0.39, 0.29) is 6.61 Å². The van der Waals surface area contributed by atoms with Crippen LogP contribution in [0.25, 0.3) is 11.3 Å². The largest absolute Gasteiger partial charge is 0.452 e. The second kappa shape index (κ2) is 8.12. The summed E-state index contributed by atoms with van der Waals surface area (Å²) in [4.78, 5) is 28.2. The van der Waals surface area contributed by atoms with Gasteiger partial charge in [-0.05, 0) is 31.2 Å². The Morgan fingerprint density at radius 3 is 2.50 bits per heavy atom. The zero-order valence-corrected chi connectivity index (χ0v) is 15.4. The molecule has 0 saturated carbocycles. The molecule has 3 aromatic rings. The summed E-state index contributed by atoms with van der Waals surface area (Å²) in [6.07, 6.45) is 0. The number of carbonyl (C=O) groups excluding carboxylic acids is 2. The van der Waals surface area contributed by atoms with Gasteiger partial charge in [-0.25, -0.2) is 9.78 Å². The Balaban J connectivity index is 1.54. The molecule has 3 rings (SSSR count). The number of thiazole rings is 1. The minimum absolute atomic E-state index is 0.332. The summed E-state index contributed by atoms with van der Waals surface area (Å²) in [6.45, 7) is 1.63. The van der Waals surface area contributed by atoms with Crippen molar-refractivity contribution >= 4 is 39.9 Å². The monoisotopic (exact) mass is 386 g/mol. The lowest BCUT2D eigenvalue weighted by Crippen LogP contribution is -2.20. The first-order valence-corrected chi connectivity index (χ1v) is 9.02. The molecular formula is C19H15ClN2O3S. The number of halogens is 1. The van der Waals surface area contributed by atoms with Gasteiger partial charge in [0.05, 0.1) is 11.3 Å². The Bertz CT molecular complexity index is 921. The molecule has 0 atom stereocenters. The van der Waals surface area contributed by atoms with Crippen LogP contribution in [-0.2, 0) is 9.53 Å². The normalized spacial score (nSPS) is 10.4. The Morgan fingerprint density at radius 2 is 1.81 bits per heavy atom. The van der Waals surface area contributed by atoms with Crippen LogP contribution in [-0.4, -0.2) is 23.5 Å². The highest BCUT2D eigenvalue weighted by Gasteiger charge is 2.12. The first-order chi connectivity index (χ1) is 12.5. The molecule has 0 spiro atoms. The molecule has 0 bridgehead atoms. The van der Waals surface area contributed by atoms with E-state index in [2.05, 4.69) is 10.3 Å². The summed E-state index contributed by atoms with van der Waals surface area (Å²) in [6, 6.07) is 14.2. The molecule has 5 nitrogen and oxygen atoms in total. The quantitative estimate of drug-likeness (QED) is 0.652. The van der Waals surface area contributed by atoms with Gasteiger partial charge in [0.15, 0.2) is 11.7 Å². The third kappa shape index (κ3) is 4.68. The van der Waals surface area contributed by atoms with Crippen LogP contribution in [0.3, 0.4) is 0 Å². The first-order valence-electron chi connectivity index (χ1n) is 7.76. The van der Waals surface area contributed by atoms with E-state index >= 15 is 0 Å². The molecule has 1 heterocycles. The summed E-state index contributed by atoms with van der Waals surface area (Å²) in [5, 5.41) is 5.46. The molecule has 0 saturated heterocycles. The summed E-state index contributed by atoms with van der Waals surface area (Å²) < 4.78 is 4.99. The van der Waals surface area contributed by atoms with E-state index in [0.717, 1.165) is 11.3 Å². The second-order valence-corrected chi connectivity index (χ2v) is 6.83. The van der Waals surface area contributed by atoms with Crippen LogP contribution in [0.2, 0.25) is 5.02 Å². The molecule has 1 N–H and O–H groups in total. The molecule has 0 aliphatic heterocycles. The Labute approximate surface area is 159 Å². The van der Waals surface area contributed by atoms with Crippen molar-refractivity contribution in [1.29, 1.82) is 0 Å². The maximum Gasteiger partial charge on any atom is 0.338 e. The lowest BCUT2D eigenvalue weighted by Gasteiger charge is -2.04. The molecular weight excluding hydrogens is 372 g/mol. The number of aryl methyl sites for hydroxylation is 1. The fraction of sp³-hybridized carbons (Fsp3) is 0.105. The zero-order chi connectivity index (χ0) is 18.5. The minimum Gasteiger partial charge on any atom is -0.452 e.